The van der Waals surface area contributed by atoms with Gasteiger partial charge < -0.3 is 15.1 Å². The molecule has 1 aromatic rings. The van der Waals surface area contributed by atoms with Crippen LogP contribution in [0.25, 0.3) is 0 Å². The molecule has 0 bridgehead atoms. The Bertz CT molecular complexity index is 521. The molecule has 0 atom stereocenters. The van der Waals surface area contributed by atoms with Crippen molar-refractivity contribution in [3.05, 3.63) is 35.4 Å². The van der Waals surface area contributed by atoms with Crippen molar-refractivity contribution in [1.82, 2.24) is 4.90 Å². The number of hydrogen-bond donors (Lipinski definition) is 2. The maximum Gasteiger partial charge on any atom is 0.253 e. The molecule has 0 aliphatic heterocycles. The minimum absolute atomic E-state index is 0.0203. The number of carbonyl (C=O) groups excluding carboxylic acids is 1. The Hall–Kier alpha value is -1.83. The van der Waals surface area contributed by atoms with E-state index in [0.717, 1.165) is 18.4 Å². The van der Waals surface area contributed by atoms with Gasteiger partial charge in [0.2, 0.25) is 0 Å². The molecular formula is C16H19NO3. The topological polar surface area (TPSA) is 60.8 Å². The van der Waals surface area contributed by atoms with Crippen molar-refractivity contribution in [2.45, 2.75) is 18.9 Å². The zero-order valence-corrected chi connectivity index (χ0v) is 11.5. The van der Waals surface area contributed by atoms with Gasteiger partial charge in [-0.3, -0.25) is 4.79 Å². The van der Waals surface area contributed by atoms with Crippen LogP contribution in [0, 0.1) is 17.8 Å². The molecule has 2 N–H and O–H groups in total. The molecule has 106 valence electrons. The van der Waals surface area contributed by atoms with Crippen LogP contribution in [0.3, 0.4) is 0 Å². The van der Waals surface area contributed by atoms with Gasteiger partial charge in [-0.1, -0.05) is 11.8 Å². The van der Waals surface area contributed by atoms with Crippen molar-refractivity contribution in [2.24, 2.45) is 5.92 Å². The SMILES string of the molecule is CN(CC1CC(O)C1)C(=O)c1ccc(C#CCO)cc1. The van der Waals surface area contributed by atoms with E-state index in [1.165, 1.54) is 0 Å². The van der Waals surface area contributed by atoms with Crippen LogP contribution in [0.1, 0.15) is 28.8 Å². The summed E-state index contributed by atoms with van der Waals surface area (Å²) in [5.74, 6) is 5.75. The minimum Gasteiger partial charge on any atom is -0.393 e. The Morgan fingerprint density at radius 3 is 2.55 bits per heavy atom. The molecule has 0 saturated heterocycles. The lowest BCUT2D eigenvalue weighted by Gasteiger charge is -2.34. The van der Waals surface area contributed by atoms with Gasteiger partial charge in [-0.25, -0.2) is 0 Å². The van der Waals surface area contributed by atoms with Crippen molar-refractivity contribution in [1.29, 1.82) is 0 Å². The fourth-order valence-electron chi connectivity index (χ4n) is 2.38. The molecule has 1 fully saturated rings. The predicted octanol–water partition coefficient (Wildman–Crippen LogP) is 0.873. The normalized spacial score (nSPS) is 20.6. The Morgan fingerprint density at radius 1 is 1.35 bits per heavy atom. The van der Waals surface area contributed by atoms with E-state index in [1.807, 2.05) is 0 Å². The molecule has 20 heavy (non-hydrogen) atoms. The smallest absolute Gasteiger partial charge is 0.253 e. The molecule has 1 aliphatic rings. The molecule has 1 saturated carbocycles. The molecule has 0 unspecified atom stereocenters. The van der Waals surface area contributed by atoms with Gasteiger partial charge in [0.15, 0.2) is 0 Å². The first kappa shape index (κ1) is 14.6. The highest BCUT2D eigenvalue weighted by atomic mass is 16.3. The Morgan fingerprint density at radius 2 is 2.00 bits per heavy atom. The number of aliphatic hydroxyl groups is 2. The van der Waals surface area contributed by atoms with Crippen LogP contribution in [0.2, 0.25) is 0 Å². The van der Waals surface area contributed by atoms with Gasteiger partial charge in [0, 0.05) is 24.7 Å². The van der Waals surface area contributed by atoms with Crippen LogP contribution in [-0.2, 0) is 0 Å². The molecule has 2 rings (SSSR count). The van der Waals surface area contributed by atoms with E-state index in [9.17, 15) is 9.90 Å². The third-order valence-electron chi connectivity index (χ3n) is 3.53. The zero-order chi connectivity index (χ0) is 14.5. The number of carbonyl (C=O) groups is 1. The van der Waals surface area contributed by atoms with E-state index in [0.29, 0.717) is 18.0 Å². The highest BCUT2D eigenvalue weighted by Gasteiger charge is 2.29. The summed E-state index contributed by atoms with van der Waals surface area (Å²) in [5, 5.41) is 17.9. The monoisotopic (exact) mass is 273 g/mol. The number of amides is 1. The van der Waals surface area contributed by atoms with E-state index in [1.54, 1.807) is 36.2 Å². The first-order valence-electron chi connectivity index (χ1n) is 6.73. The lowest BCUT2D eigenvalue weighted by Crippen LogP contribution is -2.39. The molecule has 4 nitrogen and oxygen atoms in total. The summed E-state index contributed by atoms with van der Waals surface area (Å²) in [4.78, 5) is 13.9. The van der Waals surface area contributed by atoms with Crippen molar-refractivity contribution in [3.63, 3.8) is 0 Å². The number of nitrogens with zero attached hydrogens (tertiary/aromatic N) is 1. The molecule has 0 radical (unpaired) electrons. The molecule has 1 aliphatic carbocycles. The molecule has 1 amide bonds. The molecule has 0 heterocycles. The summed E-state index contributed by atoms with van der Waals surface area (Å²) >= 11 is 0. The maximum atomic E-state index is 12.2. The Labute approximate surface area is 119 Å². The van der Waals surface area contributed by atoms with E-state index in [-0.39, 0.29) is 18.6 Å². The number of aliphatic hydroxyl groups excluding tert-OH is 2. The summed E-state index contributed by atoms with van der Waals surface area (Å²) in [5.41, 5.74) is 1.40. The van der Waals surface area contributed by atoms with Gasteiger partial charge in [-0.15, -0.1) is 0 Å². The van der Waals surface area contributed by atoms with Crippen molar-refractivity contribution in [3.8, 4) is 11.8 Å². The van der Waals surface area contributed by atoms with Gasteiger partial charge >= 0.3 is 0 Å². The predicted molar refractivity (Wildman–Crippen MR) is 76.1 cm³/mol. The summed E-state index contributed by atoms with van der Waals surface area (Å²) in [6, 6.07) is 7.04. The van der Waals surface area contributed by atoms with Crippen LogP contribution in [0.15, 0.2) is 24.3 Å². The summed E-state index contributed by atoms with van der Waals surface area (Å²) < 4.78 is 0. The second-order valence-electron chi connectivity index (χ2n) is 5.21. The Balaban J connectivity index is 1.94. The fourth-order valence-corrected chi connectivity index (χ4v) is 2.38. The molecule has 0 aromatic heterocycles. The van der Waals surface area contributed by atoms with E-state index in [4.69, 9.17) is 5.11 Å². The summed E-state index contributed by atoms with van der Waals surface area (Å²) in [6.07, 6.45) is 1.38. The molecular weight excluding hydrogens is 254 g/mol. The van der Waals surface area contributed by atoms with E-state index >= 15 is 0 Å². The van der Waals surface area contributed by atoms with Crippen LogP contribution in [0.5, 0.6) is 0 Å². The van der Waals surface area contributed by atoms with E-state index in [2.05, 4.69) is 11.8 Å². The molecule has 0 spiro atoms. The van der Waals surface area contributed by atoms with Gasteiger partial charge in [0.25, 0.3) is 5.91 Å². The van der Waals surface area contributed by atoms with Crippen LogP contribution < -0.4 is 0 Å². The largest absolute Gasteiger partial charge is 0.393 e. The zero-order valence-electron chi connectivity index (χ0n) is 11.5. The van der Waals surface area contributed by atoms with E-state index < -0.39 is 0 Å². The lowest BCUT2D eigenvalue weighted by atomic mass is 9.82. The van der Waals surface area contributed by atoms with Gasteiger partial charge in [-0.2, -0.15) is 0 Å². The van der Waals surface area contributed by atoms with Crippen LogP contribution in [-0.4, -0.2) is 47.3 Å². The summed E-state index contributed by atoms with van der Waals surface area (Å²) in [7, 11) is 1.78. The van der Waals surface area contributed by atoms with Gasteiger partial charge in [0.1, 0.15) is 6.61 Å². The van der Waals surface area contributed by atoms with Crippen molar-refractivity contribution >= 4 is 5.91 Å². The standard InChI is InChI=1S/C16H19NO3/c1-17(11-13-9-15(19)10-13)16(20)14-6-4-12(5-7-14)3-2-8-18/h4-7,13,15,18-19H,8-11H2,1H3. The quantitative estimate of drug-likeness (QED) is 0.804. The minimum atomic E-state index is -0.187. The van der Waals surface area contributed by atoms with Crippen molar-refractivity contribution < 1.29 is 15.0 Å². The first-order valence-corrected chi connectivity index (χ1v) is 6.73. The van der Waals surface area contributed by atoms with Crippen LogP contribution >= 0.6 is 0 Å². The average Bonchev–Trinajstić information content (AvgIpc) is 2.43. The second-order valence-corrected chi connectivity index (χ2v) is 5.21. The maximum absolute atomic E-state index is 12.2. The van der Waals surface area contributed by atoms with Crippen molar-refractivity contribution in [2.75, 3.05) is 20.2 Å². The third-order valence-corrected chi connectivity index (χ3v) is 3.53. The summed E-state index contributed by atoms with van der Waals surface area (Å²) in [6.45, 7) is 0.513. The lowest BCUT2D eigenvalue weighted by molar-refractivity contribution is 0.0265. The number of hydrogen-bond acceptors (Lipinski definition) is 3. The first-order chi connectivity index (χ1) is 9.60. The number of benzene rings is 1. The van der Waals surface area contributed by atoms with Crippen LogP contribution in [0.4, 0.5) is 0 Å². The molecule has 1 aromatic carbocycles. The Kier molecular flexibility index (Phi) is 4.78. The van der Waals surface area contributed by atoms with Gasteiger partial charge in [0.05, 0.1) is 6.10 Å². The number of rotatable bonds is 3. The highest BCUT2D eigenvalue weighted by molar-refractivity contribution is 5.94. The third kappa shape index (κ3) is 3.60. The average molecular weight is 273 g/mol. The van der Waals surface area contributed by atoms with Gasteiger partial charge in [-0.05, 0) is 43.0 Å². The second kappa shape index (κ2) is 6.56. The fraction of sp³-hybridized carbons (Fsp3) is 0.438. The highest BCUT2D eigenvalue weighted by Crippen LogP contribution is 2.27. The molecule has 4 heteroatoms.